The molecule has 3 nitrogen and oxygen atoms in total. The summed E-state index contributed by atoms with van der Waals surface area (Å²) in [6.07, 6.45) is 1.66. The number of ether oxygens (including phenoxy) is 1. The van der Waals surface area contributed by atoms with Crippen LogP contribution >= 0.6 is 27.5 Å². The van der Waals surface area contributed by atoms with Crippen molar-refractivity contribution in [2.45, 2.75) is 19.9 Å². The molecule has 1 atom stereocenters. The van der Waals surface area contributed by atoms with E-state index in [1.54, 1.807) is 6.26 Å². The third-order valence-electron chi connectivity index (χ3n) is 2.64. The fourth-order valence-electron chi connectivity index (χ4n) is 1.80. The minimum absolute atomic E-state index is 0.0274. The van der Waals surface area contributed by atoms with E-state index in [1.807, 2.05) is 38.1 Å². The largest absolute Gasteiger partial charge is 0.491 e. The maximum atomic E-state index is 6.08. The monoisotopic (exact) mass is 343 g/mol. The van der Waals surface area contributed by atoms with E-state index in [0.717, 1.165) is 21.7 Å². The topological polar surface area (TPSA) is 34.4 Å². The van der Waals surface area contributed by atoms with Crippen LogP contribution in [-0.4, -0.2) is 6.61 Å². The van der Waals surface area contributed by atoms with Gasteiger partial charge in [-0.25, -0.2) is 0 Å². The van der Waals surface area contributed by atoms with Gasteiger partial charge in [-0.1, -0.05) is 11.6 Å². The number of anilines is 1. The highest BCUT2D eigenvalue weighted by molar-refractivity contribution is 9.10. The number of halogens is 2. The summed E-state index contributed by atoms with van der Waals surface area (Å²) in [5.74, 6) is 1.61. The normalized spacial score (nSPS) is 12.2. The van der Waals surface area contributed by atoms with Crippen molar-refractivity contribution in [3.8, 4) is 5.75 Å². The van der Waals surface area contributed by atoms with Gasteiger partial charge in [-0.2, -0.15) is 0 Å². The highest BCUT2D eigenvalue weighted by Gasteiger charge is 2.14. The van der Waals surface area contributed by atoms with Gasteiger partial charge in [-0.15, -0.1) is 0 Å². The lowest BCUT2D eigenvalue weighted by Gasteiger charge is -2.18. The summed E-state index contributed by atoms with van der Waals surface area (Å²) in [6.45, 7) is 4.55. The minimum Gasteiger partial charge on any atom is -0.491 e. The highest BCUT2D eigenvalue weighted by atomic mass is 79.9. The molecule has 0 spiro atoms. The smallest absolute Gasteiger partial charge is 0.156 e. The lowest BCUT2D eigenvalue weighted by molar-refractivity contribution is 0.339. The molecule has 1 aromatic carbocycles. The van der Waals surface area contributed by atoms with Gasteiger partial charge in [0.05, 0.1) is 29.1 Å². The molecule has 1 aromatic heterocycles. The second kappa shape index (κ2) is 6.35. The SMILES string of the molecule is CCOc1c(Br)cc(Cl)cc1NC(C)c1ccco1. The summed E-state index contributed by atoms with van der Waals surface area (Å²) in [7, 11) is 0. The van der Waals surface area contributed by atoms with Gasteiger partial charge >= 0.3 is 0 Å². The van der Waals surface area contributed by atoms with Crippen LogP contribution in [0.15, 0.2) is 39.4 Å². The molecule has 1 heterocycles. The van der Waals surface area contributed by atoms with Gasteiger partial charge in [0.15, 0.2) is 5.75 Å². The van der Waals surface area contributed by atoms with Gasteiger partial charge in [0, 0.05) is 5.02 Å². The molecule has 0 fully saturated rings. The van der Waals surface area contributed by atoms with E-state index in [0.29, 0.717) is 11.6 Å². The maximum Gasteiger partial charge on any atom is 0.156 e. The zero-order chi connectivity index (χ0) is 13.8. The number of hydrogen-bond acceptors (Lipinski definition) is 3. The van der Waals surface area contributed by atoms with Crippen LogP contribution in [0.2, 0.25) is 5.02 Å². The molecule has 102 valence electrons. The van der Waals surface area contributed by atoms with Crippen LogP contribution in [-0.2, 0) is 0 Å². The molecule has 0 saturated heterocycles. The van der Waals surface area contributed by atoms with E-state index in [-0.39, 0.29) is 6.04 Å². The second-order valence-electron chi connectivity index (χ2n) is 4.08. The number of benzene rings is 1. The predicted octanol–water partition coefficient (Wildman–Crippen LogP) is 5.27. The van der Waals surface area contributed by atoms with Crippen LogP contribution < -0.4 is 10.1 Å². The average Bonchev–Trinajstić information content (AvgIpc) is 2.87. The molecule has 0 aliphatic carbocycles. The summed E-state index contributed by atoms with van der Waals surface area (Å²) in [5, 5.41) is 3.99. The van der Waals surface area contributed by atoms with Crippen molar-refractivity contribution in [1.82, 2.24) is 0 Å². The van der Waals surface area contributed by atoms with E-state index in [4.69, 9.17) is 20.8 Å². The first-order chi connectivity index (χ1) is 9.11. The fraction of sp³-hybridized carbons (Fsp3) is 0.286. The predicted molar refractivity (Wildman–Crippen MR) is 81.1 cm³/mol. The van der Waals surface area contributed by atoms with Gasteiger partial charge in [0.2, 0.25) is 0 Å². The number of rotatable bonds is 5. The number of nitrogens with one attached hydrogen (secondary N) is 1. The Labute approximate surface area is 126 Å². The van der Waals surface area contributed by atoms with Crippen LogP contribution in [0.1, 0.15) is 25.6 Å². The van der Waals surface area contributed by atoms with Crippen LogP contribution in [0.3, 0.4) is 0 Å². The van der Waals surface area contributed by atoms with Crippen molar-refractivity contribution in [1.29, 1.82) is 0 Å². The molecular weight excluding hydrogens is 330 g/mol. The highest BCUT2D eigenvalue weighted by Crippen LogP contribution is 2.38. The van der Waals surface area contributed by atoms with Crippen LogP contribution in [0.5, 0.6) is 5.75 Å². The zero-order valence-electron chi connectivity index (χ0n) is 10.7. The average molecular weight is 345 g/mol. The van der Waals surface area contributed by atoms with Gasteiger partial charge in [0.1, 0.15) is 5.76 Å². The molecule has 0 radical (unpaired) electrons. The molecule has 1 N–H and O–H groups in total. The fourth-order valence-corrected chi connectivity index (χ4v) is 2.73. The Balaban J connectivity index is 2.28. The second-order valence-corrected chi connectivity index (χ2v) is 5.37. The first-order valence-corrected chi connectivity index (χ1v) is 7.20. The van der Waals surface area contributed by atoms with Crippen molar-refractivity contribution in [3.63, 3.8) is 0 Å². The van der Waals surface area contributed by atoms with E-state index in [9.17, 15) is 0 Å². The molecule has 0 aliphatic rings. The summed E-state index contributed by atoms with van der Waals surface area (Å²) in [5.41, 5.74) is 0.838. The molecule has 2 aromatic rings. The number of hydrogen-bond donors (Lipinski definition) is 1. The van der Waals surface area contributed by atoms with Crippen molar-refractivity contribution in [3.05, 3.63) is 45.8 Å². The first-order valence-electron chi connectivity index (χ1n) is 6.03. The third kappa shape index (κ3) is 3.45. The van der Waals surface area contributed by atoms with Crippen LogP contribution in [0.25, 0.3) is 0 Å². The Morgan fingerprint density at radius 1 is 1.47 bits per heavy atom. The molecule has 0 amide bonds. The molecule has 0 bridgehead atoms. The standard InChI is InChI=1S/C14H15BrClNO2/c1-3-18-14-11(15)7-10(16)8-12(14)17-9(2)13-5-4-6-19-13/h4-9,17H,3H2,1-2H3. The van der Waals surface area contributed by atoms with E-state index < -0.39 is 0 Å². The minimum atomic E-state index is 0.0274. The summed E-state index contributed by atoms with van der Waals surface area (Å²) >= 11 is 9.55. The van der Waals surface area contributed by atoms with Crippen molar-refractivity contribution < 1.29 is 9.15 Å². The van der Waals surface area contributed by atoms with E-state index in [2.05, 4.69) is 21.2 Å². The van der Waals surface area contributed by atoms with Crippen molar-refractivity contribution >= 4 is 33.2 Å². The van der Waals surface area contributed by atoms with Crippen LogP contribution in [0, 0.1) is 0 Å². The Bertz CT molecular complexity index is 543. The first kappa shape index (κ1) is 14.3. The van der Waals surface area contributed by atoms with Gasteiger partial charge in [-0.05, 0) is 54.0 Å². The summed E-state index contributed by atoms with van der Waals surface area (Å²) < 4.78 is 11.9. The van der Waals surface area contributed by atoms with E-state index in [1.165, 1.54) is 0 Å². The Morgan fingerprint density at radius 3 is 2.89 bits per heavy atom. The molecule has 19 heavy (non-hydrogen) atoms. The maximum absolute atomic E-state index is 6.08. The van der Waals surface area contributed by atoms with Crippen LogP contribution in [0.4, 0.5) is 5.69 Å². The Morgan fingerprint density at radius 2 is 2.26 bits per heavy atom. The Kier molecular flexibility index (Phi) is 4.77. The summed E-state index contributed by atoms with van der Waals surface area (Å²) in [4.78, 5) is 0. The summed E-state index contributed by atoms with van der Waals surface area (Å²) in [6, 6.07) is 7.48. The molecular formula is C14H15BrClNO2. The molecule has 1 unspecified atom stereocenters. The quantitative estimate of drug-likeness (QED) is 0.802. The lowest BCUT2D eigenvalue weighted by atomic mass is 10.2. The molecule has 0 aliphatic heterocycles. The Hall–Kier alpha value is -1.13. The van der Waals surface area contributed by atoms with E-state index >= 15 is 0 Å². The van der Waals surface area contributed by atoms with Crippen molar-refractivity contribution in [2.24, 2.45) is 0 Å². The van der Waals surface area contributed by atoms with Gasteiger partial charge in [0.25, 0.3) is 0 Å². The molecule has 5 heteroatoms. The molecule has 2 rings (SSSR count). The third-order valence-corrected chi connectivity index (χ3v) is 3.45. The van der Waals surface area contributed by atoms with Gasteiger partial charge in [-0.3, -0.25) is 0 Å². The lowest BCUT2D eigenvalue weighted by Crippen LogP contribution is -2.08. The number of furan rings is 1. The van der Waals surface area contributed by atoms with Crippen molar-refractivity contribution in [2.75, 3.05) is 11.9 Å². The molecule has 0 saturated carbocycles. The van der Waals surface area contributed by atoms with Gasteiger partial charge < -0.3 is 14.5 Å². The zero-order valence-corrected chi connectivity index (χ0v) is 13.1.